The van der Waals surface area contributed by atoms with Crippen LogP contribution in [0.4, 0.5) is 0 Å². The highest BCUT2D eigenvalue weighted by Gasteiger charge is 2.21. The summed E-state index contributed by atoms with van der Waals surface area (Å²) in [5, 5.41) is 9.87. The van der Waals surface area contributed by atoms with Crippen molar-refractivity contribution in [3.63, 3.8) is 0 Å². The summed E-state index contributed by atoms with van der Waals surface area (Å²) in [5.41, 5.74) is 7.15. The van der Waals surface area contributed by atoms with E-state index in [0.29, 0.717) is 6.42 Å². The highest BCUT2D eigenvalue weighted by molar-refractivity contribution is 8.00. The fourth-order valence-corrected chi connectivity index (χ4v) is 2.77. The van der Waals surface area contributed by atoms with E-state index in [1.807, 2.05) is 25.1 Å². The predicted molar refractivity (Wildman–Crippen MR) is 82.5 cm³/mol. The third kappa shape index (κ3) is 5.19. The molecule has 1 aromatic carbocycles. The van der Waals surface area contributed by atoms with E-state index < -0.39 is 6.10 Å². The quantitative estimate of drug-likeness (QED) is 0.830. The Hall–Kier alpha value is -0.220. The van der Waals surface area contributed by atoms with Gasteiger partial charge in [-0.05, 0) is 18.1 Å². The molecular formula is C14H24ClNOS. The van der Waals surface area contributed by atoms with E-state index >= 15 is 0 Å². The second-order valence-electron chi connectivity index (χ2n) is 5.25. The van der Waals surface area contributed by atoms with E-state index in [-0.39, 0.29) is 23.2 Å². The van der Waals surface area contributed by atoms with Crippen LogP contribution in [0.5, 0.6) is 0 Å². The molecule has 0 saturated heterocycles. The highest BCUT2D eigenvalue weighted by atomic mass is 35.5. The van der Waals surface area contributed by atoms with Crippen LogP contribution >= 0.6 is 24.2 Å². The predicted octanol–water partition coefficient (Wildman–Crippen LogP) is 3.77. The molecule has 0 radical (unpaired) electrons. The van der Waals surface area contributed by atoms with Crippen molar-refractivity contribution in [1.82, 2.24) is 0 Å². The molecule has 0 spiro atoms. The SMILES string of the molecule is CC[C@@H](O)[C@@H](N)c1ccccc1SC(C)(C)C.Cl. The molecule has 0 unspecified atom stereocenters. The van der Waals surface area contributed by atoms with Crippen LogP contribution in [-0.4, -0.2) is 16.0 Å². The molecule has 1 rings (SSSR count). The minimum Gasteiger partial charge on any atom is -0.391 e. The molecular weight excluding hydrogens is 266 g/mol. The molecule has 2 atom stereocenters. The molecule has 18 heavy (non-hydrogen) atoms. The molecule has 0 aliphatic carbocycles. The normalized spacial score (nSPS) is 14.8. The lowest BCUT2D eigenvalue weighted by atomic mass is 10.0. The van der Waals surface area contributed by atoms with E-state index in [9.17, 15) is 5.11 Å². The largest absolute Gasteiger partial charge is 0.391 e. The zero-order valence-corrected chi connectivity index (χ0v) is 13.1. The Balaban J connectivity index is 0.00000289. The van der Waals surface area contributed by atoms with E-state index in [4.69, 9.17) is 5.73 Å². The molecule has 0 aliphatic rings. The Morgan fingerprint density at radius 3 is 2.33 bits per heavy atom. The van der Waals surface area contributed by atoms with Crippen molar-refractivity contribution in [1.29, 1.82) is 0 Å². The lowest BCUT2D eigenvalue weighted by Crippen LogP contribution is -2.26. The van der Waals surface area contributed by atoms with Crippen LogP contribution in [0.1, 0.15) is 45.7 Å². The van der Waals surface area contributed by atoms with Gasteiger partial charge in [0.05, 0.1) is 12.1 Å². The molecule has 0 aliphatic heterocycles. The smallest absolute Gasteiger partial charge is 0.0730 e. The first kappa shape index (κ1) is 17.8. The van der Waals surface area contributed by atoms with Crippen molar-refractivity contribution in [2.75, 3.05) is 0 Å². The third-order valence-electron chi connectivity index (χ3n) is 2.53. The van der Waals surface area contributed by atoms with Crippen molar-refractivity contribution < 1.29 is 5.11 Å². The standard InChI is InChI=1S/C14H23NOS.ClH/c1-5-11(16)13(15)10-8-6-7-9-12(10)17-14(2,3)4;/h6-9,11,13,16H,5,15H2,1-4H3;1H/t11-,13+;/m1./s1. The van der Waals surface area contributed by atoms with Crippen molar-refractivity contribution in [3.8, 4) is 0 Å². The Morgan fingerprint density at radius 1 is 1.28 bits per heavy atom. The van der Waals surface area contributed by atoms with Gasteiger partial charge in [-0.15, -0.1) is 24.2 Å². The summed E-state index contributed by atoms with van der Waals surface area (Å²) in [6.07, 6.45) is 0.201. The Morgan fingerprint density at radius 2 is 1.83 bits per heavy atom. The molecule has 0 saturated carbocycles. The average molecular weight is 290 g/mol. The molecule has 4 heteroatoms. The molecule has 0 amide bonds. The summed E-state index contributed by atoms with van der Waals surface area (Å²) in [5.74, 6) is 0. The summed E-state index contributed by atoms with van der Waals surface area (Å²) < 4.78 is 0.146. The Bertz CT molecular complexity index is 365. The first-order valence-corrected chi connectivity index (χ1v) is 6.88. The van der Waals surface area contributed by atoms with Gasteiger partial charge in [-0.3, -0.25) is 0 Å². The van der Waals surface area contributed by atoms with Crippen LogP contribution < -0.4 is 5.73 Å². The fraction of sp³-hybridized carbons (Fsp3) is 0.571. The number of nitrogens with two attached hydrogens (primary N) is 1. The van der Waals surface area contributed by atoms with Crippen LogP contribution in [0.2, 0.25) is 0 Å². The second-order valence-corrected chi connectivity index (χ2v) is 7.12. The highest BCUT2D eigenvalue weighted by Crippen LogP contribution is 2.36. The van der Waals surface area contributed by atoms with Crippen molar-refractivity contribution in [3.05, 3.63) is 29.8 Å². The van der Waals surface area contributed by atoms with E-state index in [0.717, 1.165) is 5.56 Å². The maximum Gasteiger partial charge on any atom is 0.0730 e. The summed E-state index contributed by atoms with van der Waals surface area (Å²) in [6.45, 7) is 8.48. The number of aliphatic hydroxyl groups excluding tert-OH is 1. The van der Waals surface area contributed by atoms with E-state index in [1.54, 1.807) is 11.8 Å². The van der Waals surface area contributed by atoms with Crippen LogP contribution in [-0.2, 0) is 0 Å². The van der Waals surface area contributed by atoms with Crippen LogP contribution in [0.15, 0.2) is 29.2 Å². The number of halogens is 1. The van der Waals surface area contributed by atoms with E-state index in [1.165, 1.54) is 4.90 Å². The van der Waals surface area contributed by atoms with Crippen molar-refractivity contribution in [2.45, 2.75) is 55.9 Å². The molecule has 0 bridgehead atoms. The lowest BCUT2D eigenvalue weighted by molar-refractivity contribution is 0.140. The van der Waals surface area contributed by atoms with Gasteiger partial charge in [0, 0.05) is 9.64 Å². The minimum absolute atomic E-state index is 0. The number of hydrogen-bond acceptors (Lipinski definition) is 3. The van der Waals surface area contributed by atoms with Gasteiger partial charge in [0.15, 0.2) is 0 Å². The van der Waals surface area contributed by atoms with Crippen LogP contribution in [0.25, 0.3) is 0 Å². The molecule has 0 aromatic heterocycles. The van der Waals surface area contributed by atoms with E-state index in [2.05, 4.69) is 26.8 Å². The maximum atomic E-state index is 9.87. The average Bonchev–Trinajstić information content (AvgIpc) is 2.25. The summed E-state index contributed by atoms with van der Waals surface area (Å²) >= 11 is 1.79. The summed E-state index contributed by atoms with van der Waals surface area (Å²) in [4.78, 5) is 1.17. The molecule has 3 N–H and O–H groups in total. The van der Waals surface area contributed by atoms with Crippen molar-refractivity contribution >= 4 is 24.2 Å². The fourth-order valence-electron chi connectivity index (χ4n) is 1.64. The molecule has 104 valence electrons. The zero-order valence-electron chi connectivity index (χ0n) is 11.5. The van der Waals surface area contributed by atoms with Crippen LogP contribution in [0, 0.1) is 0 Å². The second kappa shape index (κ2) is 7.39. The number of aliphatic hydroxyl groups is 1. The molecule has 0 heterocycles. The monoisotopic (exact) mass is 289 g/mol. The number of benzene rings is 1. The topological polar surface area (TPSA) is 46.2 Å². The van der Waals surface area contributed by atoms with Crippen molar-refractivity contribution in [2.24, 2.45) is 5.73 Å². The molecule has 2 nitrogen and oxygen atoms in total. The Labute approximate surface area is 121 Å². The Kier molecular flexibility index (Phi) is 7.30. The molecule has 1 aromatic rings. The van der Waals surface area contributed by atoms with Gasteiger partial charge in [-0.2, -0.15) is 0 Å². The van der Waals surface area contributed by atoms with Gasteiger partial charge in [0.1, 0.15) is 0 Å². The van der Waals surface area contributed by atoms with Crippen LogP contribution in [0.3, 0.4) is 0 Å². The van der Waals surface area contributed by atoms with Gasteiger partial charge in [0.25, 0.3) is 0 Å². The van der Waals surface area contributed by atoms with Gasteiger partial charge >= 0.3 is 0 Å². The minimum atomic E-state index is -0.475. The summed E-state index contributed by atoms with van der Waals surface area (Å²) in [7, 11) is 0. The summed E-state index contributed by atoms with van der Waals surface area (Å²) in [6, 6.07) is 7.78. The maximum absolute atomic E-state index is 9.87. The first-order chi connectivity index (χ1) is 7.85. The zero-order chi connectivity index (χ0) is 13.1. The van der Waals surface area contributed by atoms with Gasteiger partial charge < -0.3 is 10.8 Å². The van der Waals surface area contributed by atoms with Gasteiger partial charge in [0.2, 0.25) is 0 Å². The van der Waals surface area contributed by atoms with Gasteiger partial charge in [-0.25, -0.2) is 0 Å². The number of thioether (sulfide) groups is 1. The number of rotatable bonds is 4. The lowest BCUT2D eigenvalue weighted by Gasteiger charge is -2.24. The third-order valence-corrected chi connectivity index (χ3v) is 3.73. The number of hydrogen-bond donors (Lipinski definition) is 2. The molecule has 0 fully saturated rings. The first-order valence-electron chi connectivity index (χ1n) is 6.06. The van der Waals surface area contributed by atoms with Gasteiger partial charge in [-0.1, -0.05) is 45.9 Å².